The third-order valence-electron chi connectivity index (χ3n) is 2.99. The fourth-order valence-corrected chi connectivity index (χ4v) is 1.75. The summed E-state index contributed by atoms with van der Waals surface area (Å²) in [6.45, 7) is 17.0. The van der Waals surface area contributed by atoms with Crippen LogP contribution in [0.25, 0.3) is 0 Å². The minimum atomic E-state index is 0. The molecule has 0 aliphatic rings. The van der Waals surface area contributed by atoms with Gasteiger partial charge in [0.15, 0.2) is 0 Å². The molecule has 0 radical (unpaired) electrons. The van der Waals surface area contributed by atoms with Gasteiger partial charge in [-0.1, -0.05) is 33.1 Å². The van der Waals surface area contributed by atoms with Gasteiger partial charge in [0.2, 0.25) is 0 Å². The molecule has 0 aromatic rings. The molecule has 2 nitrogen and oxygen atoms in total. The Morgan fingerprint density at radius 2 is 1.14 bits per heavy atom. The molecule has 0 aromatic heterocycles. The second-order valence-electron chi connectivity index (χ2n) is 5.41. The average Bonchev–Trinajstić information content (AvgIpc) is 2.40. The quantitative estimate of drug-likeness (QED) is 0.329. The zero-order chi connectivity index (χ0) is 14.9. The van der Waals surface area contributed by atoms with Crippen LogP contribution in [0.2, 0.25) is 0 Å². The van der Waals surface area contributed by atoms with Crippen molar-refractivity contribution in [2.75, 3.05) is 40.3 Å². The molecule has 0 saturated carbocycles. The summed E-state index contributed by atoms with van der Waals surface area (Å²) in [6, 6.07) is 0. The summed E-state index contributed by atoms with van der Waals surface area (Å²) >= 11 is 0. The maximum absolute atomic E-state index is 3.90. The Kier molecular flexibility index (Phi) is 37.2. The van der Waals surface area contributed by atoms with E-state index in [1.807, 2.05) is 0 Å². The molecule has 0 rings (SSSR count). The minimum absolute atomic E-state index is 0. The van der Waals surface area contributed by atoms with Crippen LogP contribution >= 0.6 is 0 Å². The van der Waals surface area contributed by atoms with Crippen molar-refractivity contribution in [2.24, 2.45) is 0 Å². The molecule has 21 heavy (non-hydrogen) atoms. The van der Waals surface area contributed by atoms with Gasteiger partial charge in [-0.05, 0) is 53.1 Å². The van der Waals surface area contributed by atoms with Gasteiger partial charge < -0.3 is 23.6 Å². The first kappa shape index (κ1) is 30.0. The SMILES string of the molecule is [CH2-]CCCN(C)C.[CH2-]CCN(CCCC)CCCC.[Li+].[Li+]. The molecule has 0 N–H and O–H groups in total. The molecule has 118 valence electrons. The summed E-state index contributed by atoms with van der Waals surface area (Å²) in [5, 5.41) is 0. The van der Waals surface area contributed by atoms with Crippen molar-refractivity contribution in [1.82, 2.24) is 9.80 Å². The van der Waals surface area contributed by atoms with Crippen LogP contribution in [0.3, 0.4) is 0 Å². The first-order chi connectivity index (χ1) is 9.12. The largest absolute Gasteiger partial charge is 1.00 e. The molecule has 0 amide bonds. The van der Waals surface area contributed by atoms with E-state index >= 15 is 0 Å². The Hall–Kier alpha value is 1.11. The Balaban J connectivity index is -0.000000140. The van der Waals surface area contributed by atoms with E-state index in [-0.39, 0.29) is 37.7 Å². The van der Waals surface area contributed by atoms with E-state index in [2.05, 4.69) is 51.6 Å². The van der Waals surface area contributed by atoms with E-state index in [0.717, 1.165) is 12.8 Å². The van der Waals surface area contributed by atoms with Crippen LogP contribution in [0, 0.1) is 13.8 Å². The third kappa shape index (κ3) is 29.7. The Labute approximate surface area is 160 Å². The first-order valence-electron chi connectivity index (χ1n) is 8.07. The van der Waals surface area contributed by atoms with Gasteiger partial charge in [-0.3, -0.25) is 0 Å². The van der Waals surface area contributed by atoms with Crippen LogP contribution in [0.1, 0.15) is 58.8 Å². The van der Waals surface area contributed by atoms with Gasteiger partial charge >= 0.3 is 37.7 Å². The van der Waals surface area contributed by atoms with E-state index in [1.54, 1.807) is 0 Å². The fourth-order valence-electron chi connectivity index (χ4n) is 1.75. The molecule has 0 unspecified atom stereocenters. The molecule has 0 aromatic carbocycles. The summed E-state index contributed by atoms with van der Waals surface area (Å²) in [6.07, 6.45) is 8.60. The van der Waals surface area contributed by atoms with Crippen LogP contribution in [-0.4, -0.2) is 50.1 Å². The van der Waals surface area contributed by atoms with E-state index < -0.39 is 0 Å². The van der Waals surface area contributed by atoms with E-state index in [9.17, 15) is 0 Å². The zero-order valence-electron chi connectivity index (χ0n) is 16.1. The van der Waals surface area contributed by atoms with Gasteiger partial charge in [0.05, 0.1) is 0 Å². The molecular weight excluding hydrogens is 246 g/mol. The summed E-state index contributed by atoms with van der Waals surface area (Å²) in [5.74, 6) is 0. The van der Waals surface area contributed by atoms with Crippen molar-refractivity contribution in [1.29, 1.82) is 0 Å². The predicted octanol–water partition coefficient (Wildman–Crippen LogP) is -1.72. The topological polar surface area (TPSA) is 6.48 Å². The third-order valence-corrected chi connectivity index (χ3v) is 2.99. The van der Waals surface area contributed by atoms with Gasteiger partial charge in [0.1, 0.15) is 0 Å². The van der Waals surface area contributed by atoms with E-state index in [4.69, 9.17) is 0 Å². The van der Waals surface area contributed by atoms with Crippen LogP contribution < -0.4 is 37.7 Å². The van der Waals surface area contributed by atoms with Gasteiger partial charge in [0, 0.05) is 0 Å². The number of hydrogen-bond acceptors (Lipinski definition) is 2. The van der Waals surface area contributed by atoms with Crippen LogP contribution in [0.5, 0.6) is 0 Å². The molecule has 0 bridgehead atoms. The number of hydrogen-bond donors (Lipinski definition) is 0. The zero-order valence-corrected chi connectivity index (χ0v) is 16.1. The Bertz CT molecular complexity index is 148. The van der Waals surface area contributed by atoms with Crippen molar-refractivity contribution >= 4 is 0 Å². The average molecular weight is 284 g/mol. The van der Waals surface area contributed by atoms with Crippen LogP contribution in [0.4, 0.5) is 0 Å². The molecule has 4 heteroatoms. The summed E-state index contributed by atoms with van der Waals surface area (Å²) in [7, 11) is 4.16. The van der Waals surface area contributed by atoms with Gasteiger partial charge in [-0.2, -0.15) is 12.8 Å². The Morgan fingerprint density at radius 3 is 1.38 bits per heavy atom. The van der Waals surface area contributed by atoms with Crippen molar-refractivity contribution in [3.63, 3.8) is 0 Å². The summed E-state index contributed by atoms with van der Waals surface area (Å²) in [5.41, 5.74) is 0. The van der Waals surface area contributed by atoms with Crippen molar-refractivity contribution in [3.05, 3.63) is 13.8 Å². The second-order valence-corrected chi connectivity index (χ2v) is 5.41. The number of unbranched alkanes of at least 4 members (excludes halogenated alkanes) is 3. The number of nitrogens with zero attached hydrogens (tertiary/aromatic N) is 2. The van der Waals surface area contributed by atoms with Gasteiger partial charge in [0.25, 0.3) is 0 Å². The predicted molar refractivity (Wildman–Crippen MR) is 89.4 cm³/mol. The molecule has 0 heterocycles. The molecule has 0 saturated heterocycles. The van der Waals surface area contributed by atoms with Crippen LogP contribution in [-0.2, 0) is 0 Å². The first-order valence-corrected chi connectivity index (χ1v) is 8.07. The van der Waals surface area contributed by atoms with Crippen molar-refractivity contribution in [3.8, 4) is 0 Å². The minimum Gasteiger partial charge on any atom is -0.343 e. The number of rotatable bonds is 11. The standard InChI is InChI=1S/C11H24N.C6H14N.2Li/c1-4-7-10-12(9-6-3)11-8-5-2;1-4-5-6-7(2)3;;/h3-11H2,1-2H3;1,4-6H2,2-3H3;;/q2*-1;2*+1. The fraction of sp³-hybridized carbons (Fsp3) is 0.882. The summed E-state index contributed by atoms with van der Waals surface area (Å²) in [4.78, 5) is 4.71. The van der Waals surface area contributed by atoms with Crippen molar-refractivity contribution < 1.29 is 37.7 Å². The summed E-state index contributed by atoms with van der Waals surface area (Å²) < 4.78 is 0. The molecule has 0 spiro atoms. The second kappa shape index (κ2) is 26.0. The monoisotopic (exact) mass is 284 g/mol. The maximum Gasteiger partial charge on any atom is 1.00 e. The van der Waals surface area contributed by atoms with Crippen molar-refractivity contribution in [2.45, 2.75) is 58.8 Å². The van der Waals surface area contributed by atoms with Gasteiger partial charge in [-0.25, -0.2) is 0 Å². The van der Waals surface area contributed by atoms with Gasteiger partial charge in [-0.15, -0.1) is 0 Å². The Morgan fingerprint density at radius 1 is 0.667 bits per heavy atom. The maximum atomic E-state index is 3.90. The molecule has 0 aliphatic heterocycles. The molecular formula is C17H38Li2N2. The smallest absolute Gasteiger partial charge is 0.343 e. The molecule has 0 aliphatic carbocycles. The normalized spacial score (nSPS) is 9.71. The van der Waals surface area contributed by atoms with E-state index in [1.165, 1.54) is 58.3 Å². The van der Waals surface area contributed by atoms with E-state index in [0.29, 0.717) is 0 Å². The molecule has 0 fully saturated rings. The molecule has 0 atom stereocenters. The van der Waals surface area contributed by atoms with Crippen LogP contribution in [0.15, 0.2) is 0 Å².